The molecule has 15 heavy (non-hydrogen) atoms. The number of carboxylic acid groups (broad SMARTS) is 1. The lowest BCUT2D eigenvalue weighted by molar-refractivity contribution is -0.132. The molecule has 1 aliphatic heterocycles. The van der Waals surface area contributed by atoms with E-state index in [0.29, 0.717) is 0 Å². The Morgan fingerprint density at radius 2 is 1.93 bits per heavy atom. The Morgan fingerprint density at radius 3 is 2.00 bits per heavy atom. The number of hydrogen-bond acceptors (Lipinski definition) is 5. The molecule has 1 atom stereocenters. The molecule has 1 unspecified atom stereocenters. The van der Waals surface area contributed by atoms with E-state index >= 15 is 0 Å². The fourth-order valence-electron chi connectivity index (χ4n) is 0.540. The van der Waals surface area contributed by atoms with Crippen LogP contribution in [-0.4, -0.2) is 34.1 Å². The van der Waals surface area contributed by atoms with Crippen molar-refractivity contribution < 1.29 is 24.6 Å². The van der Waals surface area contributed by atoms with E-state index in [1.54, 1.807) is 0 Å². The maximum absolute atomic E-state index is 10.2. The third-order valence-corrected chi connectivity index (χ3v) is 1.31. The molecule has 0 bridgehead atoms. The molecule has 1 saturated heterocycles. The van der Waals surface area contributed by atoms with Gasteiger partial charge in [0.15, 0.2) is 0 Å². The van der Waals surface area contributed by atoms with Crippen molar-refractivity contribution in [2.75, 3.05) is 0 Å². The average molecular weight is 218 g/mol. The lowest BCUT2D eigenvalue weighted by Crippen LogP contribution is -2.24. The van der Waals surface area contributed by atoms with Crippen LogP contribution in [0.4, 0.5) is 0 Å². The summed E-state index contributed by atoms with van der Waals surface area (Å²) in [6.45, 7) is 4.60. The van der Waals surface area contributed by atoms with E-state index in [1.807, 2.05) is 5.32 Å². The molecule has 86 valence electrons. The summed E-state index contributed by atoms with van der Waals surface area (Å²) >= 11 is 0. The van der Waals surface area contributed by atoms with Gasteiger partial charge in [0.2, 0.25) is 5.91 Å². The minimum Gasteiger partial charge on any atom is -0.478 e. The van der Waals surface area contributed by atoms with E-state index < -0.39 is 23.9 Å². The molecule has 1 rings (SSSR count). The molecule has 1 fully saturated rings. The number of aliphatic hydroxyl groups is 1. The maximum Gasteiger partial charge on any atom is 0.330 e. The molecule has 6 N–H and O–H groups in total. The Hall–Kier alpha value is -1.73. The second-order valence-corrected chi connectivity index (χ2v) is 2.72. The Balaban J connectivity index is 0. The molecular formula is C8H14N2O5. The van der Waals surface area contributed by atoms with Crippen LogP contribution < -0.4 is 11.5 Å². The number of hydrogen-bond donors (Lipinski definition) is 4. The van der Waals surface area contributed by atoms with Crippen molar-refractivity contribution in [2.24, 2.45) is 0 Å². The Labute approximate surface area is 86.4 Å². The monoisotopic (exact) mass is 218 g/mol. The van der Waals surface area contributed by atoms with Crippen LogP contribution in [0.1, 0.15) is 13.3 Å². The van der Waals surface area contributed by atoms with Crippen LogP contribution in [0.15, 0.2) is 12.2 Å². The fraction of sp³-hybridized carbons (Fsp3) is 0.375. The number of aliphatic carboxylic acids is 1. The predicted molar refractivity (Wildman–Crippen MR) is 51.2 cm³/mol. The third-order valence-electron chi connectivity index (χ3n) is 1.31. The van der Waals surface area contributed by atoms with Gasteiger partial charge in [0.25, 0.3) is 5.91 Å². The van der Waals surface area contributed by atoms with E-state index in [0.717, 1.165) is 0 Å². The average Bonchev–Trinajstić information content (AvgIpc) is 2.30. The number of carboxylic acids is 1. The molecule has 7 nitrogen and oxygen atoms in total. The van der Waals surface area contributed by atoms with Gasteiger partial charge in [0, 0.05) is 5.57 Å². The van der Waals surface area contributed by atoms with Gasteiger partial charge in [-0.2, -0.15) is 0 Å². The van der Waals surface area contributed by atoms with Crippen molar-refractivity contribution in [1.82, 2.24) is 11.5 Å². The first-order valence-electron chi connectivity index (χ1n) is 3.75. The van der Waals surface area contributed by atoms with Crippen molar-refractivity contribution >= 4 is 17.8 Å². The predicted octanol–water partition coefficient (Wildman–Crippen LogP) is -0.797. The van der Waals surface area contributed by atoms with Gasteiger partial charge in [0.1, 0.15) is 6.10 Å². The van der Waals surface area contributed by atoms with Gasteiger partial charge < -0.3 is 16.4 Å². The van der Waals surface area contributed by atoms with Crippen LogP contribution in [0.3, 0.4) is 0 Å². The molecule has 7 heteroatoms. The lowest BCUT2D eigenvalue weighted by Gasteiger charge is -1.88. The first-order valence-corrected chi connectivity index (χ1v) is 3.75. The molecule has 1 heterocycles. The van der Waals surface area contributed by atoms with E-state index in [9.17, 15) is 14.4 Å². The van der Waals surface area contributed by atoms with Crippen molar-refractivity contribution in [1.29, 1.82) is 0 Å². The molecular weight excluding hydrogens is 204 g/mol. The zero-order valence-electron chi connectivity index (χ0n) is 8.32. The summed E-state index contributed by atoms with van der Waals surface area (Å²) in [5.74, 6) is -1.92. The number of aliphatic hydroxyl groups excluding tert-OH is 1. The van der Waals surface area contributed by atoms with Gasteiger partial charge in [-0.1, -0.05) is 6.58 Å². The standard InChI is InChI=1S/C4H5NO3.C4H6O2.H3N/c6-2-1-3(7)5-4(2)8;1-3(2)4(5)6;/h2,6H,1H2,(H,5,7,8);1H2,2H3,(H,5,6);1H3. The summed E-state index contributed by atoms with van der Waals surface area (Å²) in [5.41, 5.74) is 0.176. The Bertz CT molecular complexity index is 275. The van der Waals surface area contributed by atoms with Crippen LogP contribution in [0.2, 0.25) is 0 Å². The Kier molecular flexibility index (Phi) is 7.01. The first kappa shape index (κ1) is 15.7. The number of amides is 2. The van der Waals surface area contributed by atoms with Gasteiger partial charge in [0.05, 0.1) is 6.42 Å². The molecule has 0 aromatic carbocycles. The molecule has 0 spiro atoms. The maximum atomic E-state index is 10.2. The highest BCUT2D eigenvalue weighted by Crippen LogP contribution is 1.98. The van der Waals surface area contributed by atoms with Crippen LogP contribution >= 0.6 is 0 Å². The molecule has 2 amide bonds. The summed E-state index contributed by atoms with van der Waals surface area (Å²) in [7, 11) is 0. The van der Waals surface area contributed by atoms with E-state index in [2.05, 4.69) is 6.58 Å². The van der Waals surface area contributed by atoms with Crippen LogP contribution in [0.25, 0.3) is 0 Å². The lowest BCUT2D eigenvalue weighted by atomic mass is 10.3. The zero-order chi connectivity index (χ0) is 11.3. The molecule has 0 saturated carbocycles. The largest absolute Gasteiger partial charge is 0.478 e. The summed E-state index contributed by atoms with van der Waals surface area (Å²) in [6, 6.07) is 0. The zero-order valence-corrected chi connectivity index (χ0v) is 8.32. The fourth-order valence-corrected chi connectivity index (χ4v) is 0.540. The number of carbonyl (C=O) groups excluding carboxylic acids is 2. The molecule has 0 aliphatic carbocycles. The third kappa shape index (κ3) is 6.36. The van der Waals surface area contributed by atoms with Crippen molar-refractivity contribution in [3.63, 3.8) is 0 Å². The second-order valence-electron chi connectivity index (χ2n) is 2.72. The molecule has 1 aliphatic rings. The van der Waals surface area contributed by atoms with Gasteiger partial charge in [-0.05, 0) is 6.92 Å². The van der Waals surface area contributed by atoms with Crippen LogP contribution in [0, 0.1) is 0 Å². The second kappa shape index (κ2) is 6.68. The molecule has 0 aromatic heterocycles. The minimum atomic E-state index is -1.11. The van der Waals surface area contributed by atoms with Gasteiger partial charge >= 0.3 is 5.97 Å². The van der Waals surface area contributed by atoms with Crippen molar-refractivity contribution in [3.05, 3.63) is 12.2 Å². The smallest absolute Gasteiger partial charge is 0.330 e. The summed E-state index contributed by atoms with van der Waals surface area (Å²) < 4.78 is 0. The summed E-state index contributed by atoms with van der Waals surface area (Å²) in [4.78, 5) is 30.0. The van der Waals surface area contributed by atoms with E-state index in [-0.39, 0.29) is 18.1 Å². The first-order chi connectivity index (χ1) is 6.34. The van der Waals surface area contributed by atoms with Crippen molar-refractivity contribution in [2.45, 2.75) is 19.4 Å². The quantitative estimate of drug-likeness (QED) is 0.335. The number of imide groups is 1. The summed E-state index contributed by atoms with van der Waals surface area (Å²) in [5, 5.41) is 18.4. The summed E-state index contributed by atoms with van der Waals surface area (Å²) in [6.07, 6.45) is -1.19. The number of nitrogens with one attached hydrogen (secondary N) is 1. The van der Waals surface area contributed by atoms with Crippen molar-refractivity contribution in [3.8, 4) is 0 Å². The number of rotatable bonds is 1. The molecule has 0 radical (unpaired) electrons. The normalized spacial score (nSPS) is 18.1. The highest BCUT2D eigenvalue weighted by Gasteiger charge is 2.27. The highest BCUT2D eigenvalue weighted by atomic mass is 16.4. The van der Waals surface area contributed by atoms with Gasteiger partial charge in [-0.15, -0.1) is 0 Å². The SMILES string of the molecule is C=C(C)C(=O)O.N.O=C1CC(O)C(=O)N1. The topological polar surface area (TPSA) is 139 Å². The number of carbonyl (C=O) groups is 3. The van der Waals surface area contributed by atoms with Crippen LogP contribution in [-0.2, 0) is 14.4 Å². The van der Waals surface area contributed by atoms with E-state index in [1.165, 1.54) is 6.92 Å². The molecule has 0 aromatic rings. The van der Waals surface area contributed by atoms with Gasteiger partial charge in [-0.25, -0.2) is 4.79 Å². The van der Waals surface area contributed by atoms with E-state index in [4.69, 9.17) is 10.2 Å². The van der Waals surface area contributed by atoms with Gasteiger partial charge in [-0.3, -0.25) is 14.9 Å². The minimum absolute atomic E-state index is 0. The Morgan fingerprint density at radius 1 is 1.53 bits per heavy atom. The van der Waals surface area contributed by atoms with Crippen LogP contribution in [0.5, 0.6) is 0 Å². The highest BCUT2D eigenvalue weighted by molar-refractivity contribution is 6.04.